The van der Waals surface area contributed by atoms with Crippen molar-refractivity contribution in [2.45, 2.75) is 155 Å². The van der Waals surface area contributed by atoms with E-state index in [0.29, 0.717) is 19.3 Å². The summed E-state index contributed by atoms with van der Waals surface area (Å²) in [6, 6.07) is 0. The lowest BCUT2D eigenvalue weighted by Gasteiger charge is -2.39. The van der Waals surface area contributed by atoms with Crippen LogP contribution < -0.4 is 5.11 Å². The maximum absolute atomic E-state index is 11.0. The molecule has 0 aromatic carbocycles. The summed E-state index contributed by atoms with van der Waals surface area (Å²) < 4.78 is 0.844. The quantitative estimate of drug-likeness (QED) is 0.0517. The smallest absolute Gasteiger partial charge is 0.303 e. The predicted molar refractivity (Wildman–Crippen MR) is 161 cm³/mol. The van der Waals surface area contributed by atoms with Gasteiger partial charge in [-0.1, -0.05) is 70.4 Å². The third-order valence-electron chi connectivity index (χ3n) is 7.95. The SMILES string of the molecule is CCCCCCC/C=C/CCCCCCCCC[N+](CCCCC(=O)[O-])(CCCCC(=O)O)CCCCC(=O)O. The van der Waals surface area contributed by atoms with Gasteiger partial charge in [0.25, 0.3) is 0 Å². The van der Waals surface area contributed by atoms with Crippen molar-refractivity contribution in [3.05, 3.63) is 12.2 Å². The van der Waals surface area contributed by atoms with Crippen molar-refractivity contribution in [3.63, 3.8) is 0 Å². The van der Waals surface area contributed by atoms with Crippen LogP contribution in [-0.4, -0.2) is 58.8 Å². The summed E-state index contributed by atoms with van der Waals surface area (Å²) in [6.07, 6.45) is 27.1. The minimum Gasteiger partial charge on any atom is -0.550 e. The van der Waals surface area contributed by atoms with Crippen molar-refractivity contribution in [2.24, 2.45) is 0 Å². The van der Waals surface area contributed by atoms with E-state index in [1.165, 1.54) is 83.5 Å². The molecule has 0 aromatic rings. The van der Waals surface area contributed by atoms with E-state index in [9.17, 15) is 19.5 Å². The maximum atomic E-state index is 11.0. The second-order valence-electron chi connectivity index (χ2n) is 11.7. The Labute approximate surface area is 245 Å². The fourth-order valence-corrected chi connectivity index (χ4v) is 5.53. The first kappa shape index (κ1) is 38.1. The van der Waals surface area contributed by atoms with E-state index in [-0.39, 0.29) is 19.3 Å². The molecule has 0 saturated heterocycles. The van der Waals surface area contributed by atoms with E-state index < -0.39 is 17.9 Å². The molecule has 0 radical (unpaired) electrons. The molecule has 0 spiro atoms. The van der Waals surface area contributed by atoms with Gasteiger partial charge in [0.2, 0.25) is 0 Å². The molecular weight excluding hydrogens is 506 g/mol. The van der Waals surface area contributed by atoms with Gasteiger partial charge in [-0.3, -0.25) is 9.59 Å². The molecule has 0 amide bonds. The Morgan fingerprint density at radius 2 is 0.875 bits per heavy atom. The van der Waals surface area contributed by atoms with Gasteiger partial charge in [0.05, 0.1) is 26.2 Å². The number of unbranched alkanes of at least 4 members (excludes halogenated alkanes) is 15. The molecule has 0 aliphatic heterocycles. The highest BCUT2D eigenvalue weighted by molar-refractivity contribution is 5.66. The monoisotopic (exact) mass is 567 g/mol. The third kappa shape index (κ3) is 26.3. The summed E-state index contributed by atoms with van der Waals surface area (Å²) in [4.78, 5) is 32.9. The summed E-state index contributed by atoms with van der Waals surface area (Å²) in [5.41, 5.74) is 0. The lowest BCUT2D eigenvalue weighted by Crippen LogP contribution is -2.51. The Morgan fingerprint density at radius 1 is 0.525 bits per heavy atom. The molecule has 0 aliphatic carbocycles. The van der Waals surface area contributed by atoms with Gasteiger partial charge < -0.3 is 24.6 Å². The van der Waals surface area contributed by atoms with Crippen LogP contribution in [0.4, 0.5) is 0 Å². The fraction of sp³-hybridized carbons (Fsp3) is 0.848. The largest absolute Gasteiger partial charge is 0.550 e. The zero-order valence-electron chi connectivity index (χ0n) is 25.7. The molecule has 7 heteroatoms. The number of hydrogen-bond acceptors (Lipinski definition) is 4. The van der Waals surface area contributed by atoms with E-state index in [2.05, 4.69) is 19.1 Å². The molecule has 0 fully saturated rings. The van der Waals surface area contributed by atoms with Crippen LogP contribution in [0.3, 0.4) is 0 Å². The summed E-state index contributed by atoms with van der Waals surface area (Å²) >= 11 is 0. The second-order valence-corrected chi connectivity index (χ2v) is 11.7. The van der Waals surface area contributed by atoms with Gasteiger partial charge in [0.1, 0.15) is 0 Å². The van der Waals surface area contributed by atoms with E-state index >= 15 is 0 Å². The third-order valence-corrected chi connectivity index (χ3v) is 7.95. The molecule has 234 valence electrons. The predicted octanol–water partition coefficient (Wildman–Crippen LogP) is 7.27. The number of carboxylic acid groups (broad SMARTS) is 3. The lowest BCUT2D eigenvalue weighted by molar-refractivity contribution is -0.929. The van der Waals surface area contributed by atoms with Gasteiger partial charge in [0.15, 0.2) is 0 Å². The molecule has 7 nitrogen and oxygen atoms in total. The Morgan fingerprint density at radius 3 is 1.27 bits per heavy atom. The van der Waals surface area contributed by atoms with Crippen molar-refractivity contribution in [3.8, 4) is 0 Å². The van der Waals surface area contributed by atoms with Gasteiger partial charge in [0, 0.05) is 18.8 Å². The van der Waals surface area contributed by atoms with Crippen LogP contribution >= 0.6 is 0 Å². The van der Waals surface area contributed by atoms with Crippen LogP contribution in [0.5, 0.6) is 0 Å². The lowest BCUT2D eigenvalue weighted by atomic mass is 10.1. The molecule has 2 N–H and O–H groups in total. The zero-order chi connectivity index (χ0) is 29.7. The summed E-state index contributed by atoms with van der Waals surface area (Å²) in [5, 5.41) is 28.9. The van der Waals surface area contributed by atoms with Crippen molar-refractivity contribution in [2.75, 3.05) is 26.2 Å². The standard InChI is InChI=1S/C33H61NO6/c1-2-3-4-5-6-7-8-9-10-11-12-13-14-15-16-20-27-34(28-21-17-24-31(35)36,29-22-18-25-32(37)38)30-23-19-26-33(39)40/h8-9H,2-7,10-30H2,1H3,(H2-,35,36,37,38,39,40)/b9-8+. The molecule has 0 saturated carbocycles. The van der Waals surface area contributed by atoms with Crippen molar-refractivity contribution < 1.29 is 34.2 Å². The number of nitrogens with zero attached hydrogens (tertiary/aromatic N) is 1. The minimum atomic E-state index is -1.02. The molecule has 0 unspecified atom stereocenters. The van der Waals surface area contributed by atoms with Gasteiger partial charge >= 0.3 is 11.9 Å². The van der Waals surface area contributed by atoms with E-state index in [1.807, 2.05) is 0 Å². The number of hydrogen-bond donors (Lipinski definition) is 2. The number of rotatable bonds is 31. The molecule has 40 heavy (non-hydrogen) atoms. The molecule has 0 rings (SSSR count). The van der Waals surface area contributed by atoms with Gasteiger partial charge in [-0.25, -0.2) is 0 Å². The van der Waals surface area contributed by atoms with Crippen LogP contribution in [0, 0.1) is 0 Å². The molecule has 0 aliphatic rings. The van der Waals surface area contributed by atoms with Crippen molar-refractivity contribution in [1.29, 1.82) is 0 Å². The Kier molecular flexibility index (Phi) is 26.0. The maximum Gasteiger partial charge on any atom is 0.303 e. The van der Waals surface area contributed by atoms with E-state index in [0.717, 1.165) is 56.3 Å². The van der Waals surface area contributed by atoms with Gasteiger partial charge in [-0.2, -0.15) is 0 Å². The molecular formula is C33H61NO6. The zero-order valence-corrected chi connectivity index (χ0v) is 25.7. The number of aliphatic carboxylic acids is 3. The normalized spacial score (nSPS) is 11.8. The number of carboxylic acids is 3. The summed E-state index contributed by atoms with van der Waals surface area (Å²) in [5.74, 6) is -2.57. The van der Waals surface area contributed by atoms with E-state index in [1.54, 1.807) is 0 Å². The molecule has 0 atom stereocenters. The molecule has 0 bridgehead atoms. The van der Waals surface area contributed by atoms with Crippen molar-refractivity contribution >= 4 is 17.9 Å². The average Bonchev–Trinajstić information content (AvgIpc) is 2.91. The number of carbonyl (C=O) groups is 3. The number of allylic oxidation sites excluding steroid dienone is 2. The molecule has 0 heterocycles. The highest BCUT2D eigenvalue weighted by Crippen LogP contribution is 2.19. The van der Waals surface area contributed by atoms with Gasteiger partial charge in [-0.15, -0.1) is 0 Å². The minimum absolute atomic E-state index is 0.0624. The van der Waals surface area contributed by atoms with Crippen LogP contribution in [0.15, 0.2) is 12.2 Å². The fourth-order valence-electron chi connectivity index (χ4n) is 5.53. The van der Waals surface area contributed by atoms with Crippen molar-refractivity contribution in [1.82, 2.24) is 0 Å². The van der Waals surface area contributed by atoms with Gasteiger partial charge in [-0.05, 0) is 83.5 Å². The number of quaternary nitrogens is 1. The summed E-state index contributed by atoms with van der Waals surface area (Å²) in [7, 11) is 0. The van der Waals surface area contributed by atoms with Crippen LogP contribution in [0.1, 0.15) is 155 Å². The van der Waals surface area contributed by atoms with Crippen LogP contribution in [-0.2, 0) is 14.4 Å². The molecule has 0 aromatic heterocycles. The highest BCUT2D eigenvalue weighted by Gasteiger charge is 2.26. The highest BCUT2D eigenvalue weighted by atomic mass is 16.4. The average molecular weight is 568 g/mol. The first-order valence-electron chi connectivity index (χ1n) is 16.4. The van der Waals surface area contributed by atoms with Crippen LogP contribution in [0.25, 0.3) is 0 Å². The first-order chi connectivity index (χ1) is 19.3. The summed E-state index contributed by atoms with van der Waals surface area (Å²) in [6.45, 7) is 5.85. The van der Waals surface area contributed by atoms with Crippen LogP contribution in [0.2, 0.25) is 0 Å². The Balaban J connectivity index is 4.46. The first-order valence-corrected chi connectivity index (χ1v) is 16.4. The second kappa shape index (κ2) is 27.3. The Hall–Kier alpha value is -1.89. The topological polar surface area (TPSA) is 115 Å². The number of carbonyl (C=O) groups excluding carboxylic acids is 1. The Bertz CT molecular complexity index is 608. The van der Waals surface area contributed by atoms with E-state index in [4.69, 9.17) is 10.2 Å².